The second-order valence-electron chi connectivity index (χ2n) is 6.65. The van der Waals surface area contributed by atoms with Gasteiger partial charge in [-0.2, -0.15) is 0 Å². The number of ether oxygens (including phenoxy) is 1. The minimum Gasteiger partial charge on any atom is -0.493 e. The van der Waals surface area contributed by atoms with Crippen molar-refractivity contribution in [1.29, 1.82) is 0 Å². The highest BCUT2D eigenvalue weighted by molar-refractivity contribution is 5.70. The highest BCUT2D eigenvalue weighted by atomic mass is 16.5. The minimum absolute atomic E-state index is 0.0371. The van der Waals surface area contributed by atoms with Crippen LogP contribution in [0, 0.1) is 5.92 Å². The van der Waals surface area contributed by atoms with Crippen molar-refractivity contribution in [3.8, 4) is 16.9 Å². The number of fused-ring (bicyclic) bond motifs is 1. The molecule has 3 heteroatoms. The molecule has 0 radical (unpaired) electrons. The Kier molecular flexibility index (Phi) is 4.37. The molecule has 0 aliphatic carbocycles. The highest BCUT2D eigenvalue weighted by Gasteiger charge is 2.26. The molecule has 0 saturated heterocycles. The van der Waals surface area contributed by atoms with E-state index in [-0.39, 0.29) is 12.3 Å². The molecule has 2 aromatic carbocycles. The van der Waals surface area contributed by atoms with E-state index in [4.69, 9.17) is 9.84 Å². The third-order valence-corrected chi connectivity index (χ3v) is 4.25. The maximum atomic E-state index is 10.9. The van der Waals surface area contributed by atoms with E-state index in [1.165, 1.54) is 5.56 Å². The topological polar surface area (TPSA) is 46.5 Å². The second-order valence-corrected chi connectivity index (χ2v) is 6.65. The van der Waals surface area contributed by atoms with Gasteiger partial charge in [-0.15, -0.1) is 0 Å². The molecule has 120 valence electrons. The molecule has 1 aliphatic rings. The number of benzene rings is 2. The van der Waals surface area contributed by atoms with Crippen molar-refractivity contribution in [3.05, 3.63) is 53.6 Å². The summed E-state index contributed by atoms with van der Waals surface area (Å²) < 4.78 is 5.69. The number of aliphatic carboxylic acids is 1. The summed E-state index contributed by atoms with van der Waals surface area (Å²) in [4.78, 5) is 10.9. The lowest BCUT2D eigenvalue weighted by atomic mass is 9.94. The summed E-state index contributed by atoms with van der Waals surface area (Å²) in [6.45, 7) is 4.90. The summed E-state index contributed by atoms with van der Waals surface area (Å²) >= 11 is 0. The number of carbonyl (C=O) groups is 1. The summed E-state index contributed by atoms with van der Waals surface area (Å²) in [6, 6.07) is 14.7. The van der Waals surface area contributed by atoms with Crippen molar-refractivity contribution in [2.75, 3.05) is 6.61 Å². The summed E-state index contributed by atoms with van der Waals surface area (Å²) in [7, 11) is 0. The lowest BCUT2D eigenvalue weighted by molar-refractivity contribution is -0.137. The van der Waals surface area contributed by atoms with E-state index < -0.39 is 5.97 Å². The molecule has 0 saturated carbocycles. The fourth-order valence-corrected chi connectivity index (χ4v) is 3.14. The van der Waals surface area contributed by atoms with E-state index in [1.54, 1.807) is 0 Å². The molecular weight excluding hydrogens is 288 g/mol. The van der Waals surface area contributed by atoms with E-state index in [0.29, 0.717) is 12.5 Å². The number of hydrogen-bond donors (Lipinski definition) is 1. The zero-order chi connectivity index (χ0) is 16.4. The van der Waals surface area contributed by atoms with Crippen molar-refractivity contribution in [1.82, 2.24) is 0 Å². The number of rotatable bonds is 5. The Morgan fingerprint density at radius 1 is 1.17 bits per heavy atom. The van der Waals surface area contributed by atoms with Gasteiger partial charge in [-0.05, 0) is 35.1 Å². The standard InChI is InChI=1S/C20H22O3/c1-13(2)9-14-3-5-15(6-4-14)16-7-8-18-17(11-20(21)22)12-23-19(18)10-16/h3-8,10,13,17H,9,11-12H2,1-2H3,(H,21,22)/t17-/m1/s1. The van der Waals surface area contributed by atoms with Crippen LogP contribution in [-0.4, -0.2) is 17.7 Å². The Bertz CT molecular complexity index is 701. The summed E-state index contributed by atoms with van der Waals surface area (Å²) in [6.07, 6.45) is 1.21. The molecule has 1 heterocycles. The second kappa shape index (κ2) is 6.45. The molecule has 0 amide bonds. The fraction of sp³-hybridized carbons (Fsp3) is 0.350. The van der Waals surface area contributed by atoms with Crippen molar-refractivity contribution < 1.29 is 14.6 Å². The third-order valence-electron chi connectivity index (χ3n) is 4.25. The monoisotopic (exact) mass is 310 g/mol. The average Bonchev–Trinajstić information content (AvgIpc) is 2.89. The van der Waals surface area contributed by atoms with Crippen LogP contribution < -0.4 is 4.74 Å². The maximum Gasteiger partial charge on any atom is 0.304 e. The minimum atomic E-state index is -0.781. The molecular formula is C20H22O3. The number of carboxylic acid groups (broad SMARTS) is 1. The van der Waals surface area contributed by atoms with Gasteiger partial charge in [0.2, 0.25) is 0 Å². The normalized spacial score (nSPS) is 16.2. The first-order chi connectivity index (χ1) is 11.0. The summed E-state index contributed by atoms with van der Waals surface area (Å²) in [5.74, 6) is 0.654. The fourth-order valence-electron chi connectivity index (χ4n) is 3.14. The van der Waals surface area contributed by atoms with Crippen LogP contribution in [0.25, 0.3) is 11.1 Å². The Hall–Kier alpha value is -2.29. The van der Waals surface area contributed by atoms with E-state index in [0.717, 1.165) is 28.9 Å². The average molecular weight is 310 g/mol. The largest absolute Gasteiger partial charge is 0.493 e. The molecule has 1 N–H and O–H groups in total. The van der Waals surface area contributed by atoms with Gasteiger partial charge < -0.3 is 9.84 Å². The van der Waals surface area contributed by atoms with Crippen molar-refractivity contribution in [2.24, 2.45) is 5.92 Å². The predicted molar refractivity (Wildman–Crippen MR) is 90.9 cm³/mol. The van der Waals surface area contributed by atoms with Crippen LogP contribution in [0.1, 0.15) is 37.3 Å². The zero-order valence-electron chi connectivity index (χ0n) is 13.6. The maximum absolute atomic E-state index is 10.9. The van der Waals surface area contributed by atoms with Crippen LogP contribution in [0.5, 0.6) is 5.75 Å². The predicted octanol–water partition coefficient (Wildman–Crippen LogP) is 4.50. The Morgan fingerprint density at radius 3 is 2.52 bits per heavy atom. The Labute approximate surface area is 136 Å². The molecule has 0 fully saturated rings. The van der Waals surface area contributed by atoms with E-state index in [1.807, 2.05) is 12.1 Å². The first-order valence-electron chi connectivity index (χ1n) is 8.11. The van der Waals surface area contributed by atoms with Gasteiger partial charge in [-0.1, -0.05) is 50.2 Å². The van der Waals surface area contributed by atoms with Gasteiger partial charge in [-0.25, -0.2) is 0 Å². The van der Waals surface area contributed by atoms with E-state index in [2.05, 4.69) is 44.2 Å². The molecule has 0 unspecified atom stereocenters. The van der Waals surface area contributed by atoms with Crippen molar-refractivity contribution >= 4 is 5.97 Å². The lowest BCUT2D eigenvalue weighted by Crippen LogP contribution is -2.07. The van der Waals surface area contributed by atoms with Crippen LogP contribution in [0.3, 0.4) is 0 Å². The molecule has 0 spiro atoms. The number of hydrogen-bond acceptors (Lipinski definition) is 2. The van der Waals surface area contributed by atoms with Gasteiger partial charge in [0.25, 0.3) is 0 Å². The Balaban J connectivity index is 1.81. The quantitative estimate of drug-likeness (QED) is 0.884. The van der Waals surface area contributed by atoms with Crippen molar-refractivity contribution in [2.45, 2.75) is 32.6 Å². The van der Waals surface area contributed by atoms with Crippen LogP contribution in [-0.2, 0) is 11.2 Å². The molecule has 2 aromatic rings. The Morgan fingerprint density at radius 2 is 1.87 bits per heavy atom. The smallest absolute Gasteiger partial charge is 0.304 e. The first-order valence-corrected chi connectivity index (χ1v) is 8.11. The molecule has 1 atom stereocenters. The van der Waals surface area contributed by atoms with Gasteiger partial charge in [0.1, 0.15) is 5.75 Å². The SMILES string of the molecule is CC(C)Cc1ccc(-c2ccc3c(c2)OC[C@H]3CC(=O)O)cc1. The van der Waals surface area contributed by atoms with Gasteiger partial charge in [-0.3, -0.25) is 4.79 Å². The van der Waals surface area contributed by atoms with Crippen LogP contribution in [0.2, 0.25) is 0 Å². The van der Waals surface area contributed by atoms with Crippen LogP contribution >= 0.6 is 0 Å². The molecule has 1 aliphatic heterocycles. The van der Waals surface area contributed by atoms with Gasteiger partial charge in [0, 0.05) is 11.5 Å². The molecule has 0 bridgehead atoms. The summed E-state index contributed by atoms with van der Waals surface area (Å²) in [5.41, 5.74) is 4.62. The first kappa shape index (κ1) is 15.6. The van der Waals surface area contributed by atoms with Crippen LogP contribution in [0.15, 0.2) is 42.5 Å². The van der Waals surface area contributed by atoms with E-state index >= 15 is 0 Å². The highest BCUT2D eigenvalue weighted by Crippen LogP contribution is 2.38. The molecule has 0 aromatic heterocycles. The molecule has 3 rings (SSSR count). The van der Waals surface area contributed by atoms with E-state index in [9.17, 15) is 4.79 Å². The third kappa shape index (κ3) is 3.55. The molecule has 23 heavy (non-hydrogen) atoms. The van der Waals surface area contributed by atoms with Crippen molar-refractivity contribution in [3.63, 3.8) is 0 Å². The van der Waals surface area contributed by atoms with Gasteiger partial charge in [0.15, 0.2) is 0 Å². The zero-order valence-corrected chi connectivity index (χ0v) is 13.6. The number of carboxylic acids is 1. The molecule has 3 nitrogen and oxygen atoms in total. The van der Waals surface area contributed by atoms with Crippen LogP contribution in [0.4, 0.5) is 0 Å². The lowest BCUT2D eigenvalue weighted by Gasteiger charge is -2.09. The van der Waals surface area contributed by atoms with Gasteiger partial charge >= 0.3 is 5.97 Å². The summed E-state index contributed by atoms with van der Waals surface area (Å²) in [5, 5.41) is 8.96. The van der Waals surface area contributed by atoms with Gasteiger partial charge in [0.05, 0.1) is 13.0 Å².